The highest BCUT2D eigenvalue weighted by Crippen LogP contribution is 2.26. The van der Waals surface area contributed by atoms with E-state index in [1.807, 2.05) is 34.9 Å². The third kappa shape index (κ3) is 5.55. The number of nitrogen functional groups attached to an aromatic ring is 1. The van der Waals surface area contributed by atoms with Crippen LogP contribution in [0.1, 0.15) is 5.56 Å². The lowest BCUT2D eigenvalue weighted by Gasteiger charge is -2.07. The quantitative estimate of drug-likeness (QED) is 0.364. The Hall–Kier alpha value is -4.04. The first-order valence-electron chi connectivity index (χ1n) is 9.15. The second-order valence-corrected chi connectivity index (χ2v) is 6.32. The van der Waals surface area contributed by atoms with Crippen LogP contribution in [-0.4, -0.2) is 45.0 Å². The van der Waals surface area contributed by atoms with Gasteiger partial charge in [-0.25, -0.2) is 14.8 Å². The van der Waals surface area contributed by atoms with E-state index in [1.54, 1.807) is 18.9 Å². The zero-order chi connectivity index (χ0) is 23.1. The minimum atomic E-state index is -5.08. The van der Waals surface area contributed by atoms with E-state index < -0.39 is 12.1 Å². The van der Waals surface area contributed by atoms with Crippen LogP contribution in [0.4, 0.5) is 19.0 Å². The van der Waals surface area contributed by atoms with E-state index in [2.05, 4.69) is 21.8 Å². The Bertz CT molecular complexity index is 1270. The number of anilines is 1. The average molecular weight is 446 g/mol. The standard InChI is InChI=1S/C19H16N4O2.C2HF3O2/c20-19-17-18(15-5-1-2-6-16(15)22-19)23(13-21-17)8-11-24-9-3-4-14-7-10-25-12-14;3-2(4,5)1(6)7/h1-2,5-7,10,12-13H,8-9,11H2,(H2,20,22);(H,6,7). The summed E-state index contributed by atoms with van der Waals surface area (Å²) in [5, 5.41) is 8.16. The Morgan fingerprint density at radius 3 is 2.72 bits per heavy atom. The number of aliphatic carboxylic acids is 1. The van der Waals surface area contributed by atoms with Gasteiger partial charge in [0.15, 0.2) is 5.82 Å². The van der Waals surface area contributed by atoms with Crippen molar-refractivity contribution in [1.82, 2.24) is 14.5 Å². The molecule has 0 unspecified atom stereocenters. The first kappa shape index (κ1) is 22.6. The number of halogens is 3. The molecule has 166 valence electrons. The highest BCUT2D eigenvalue weighted by molar-refractivity contribution is 6.06. The monoisotopic (exact) mass is 446 g/mol. The number of nitrogens with zero attached hydrogens (tertiary/aromatic N) is 3. The van der Waals surface area contributed by atoms with Crippen molar-refractivity contribution in [3.63, 3.8) is 0 Å². The summed E-state index contributed by atoms with van der Waals surface area (Å²) in [6, 6.07) is 9.72. The molecule has 0 atom stereocenters. The van der Waals surface area contributed by atoms with Crippen LogP contribution >= 0.6 is 0 Å². The molecular weight excluding hydrogens is 429 g/mol. The van der Waals surface area contributed by atoms with Crippen LogP contribution in [0.5, 0.6) is 0 Å². The predicted octanol–water partition coefficient (Wildman–Crippen LogP) is 3.46. The number of benzene rings is 1. The number of carbonyl (C=O) groups is 1. The lowest BCUT2D eigenvalue weighted by atomic mass is 10.2. The van der Waals surface area contributed by atoms with Crippen molar-refractivity contribution in [2.45, 2.75) is 12.7 Å². The molecule has 32 heavy (non-hydrogen) atoms. The summed E-state index contributed by atoms with van der Waals surface area (Å²) in [5.74, 6) is 3.61. The zero-order valence-electron chi connectivity index (χ0n) is 16.5. The Morgan fingerprint density at radius 2 is 2.03 bits per heavy atom. The number of pyridine rings is 1. The van der Waals surface area contributed by atoms with Crippen LogP contribution in [0.15, 0.2) is 53.6 Å². The summed E-state index contributed by atoms with van der Waals surface area (Å²) < 4.78 is 44.3. The smallest absolute Gasteiger partial charge is 0.475 e. The van der Waals surface area contributed by atoms with E-state index in [4.69, 9.17) is 24.8 Å². The van der Waals surface area contributed by atoms with Crippen molar-refractivity contribution in [2.75, 3.05) is 18.9 Å². The molecule has 0 aliphatic heterocycles. The fourth-order valence-electron chi connectivity index (χ4n) is 2.74. The number of alkyl halides is 3. The number of carboxylic acid groups (broad SMARTS) is 1. The number of para-hydroxylation sites is 1. The van der Waals surface area contributed by atoms with E-state index in [0.717, 1.165) is 27.5 Å². The molecule has 0 radical (unpaired) electrons. The number of hydrogen-bond donors (Lipinski definition) is 2. The summed E-state index contributed by atoms with van der Waals surface area (Å²) in [6.45, 7) is 1.56. The molecule has 1 aromatic carbocycles. The first-order chi connectivity index (χ1) is 15.3. The number of ether oxygens (including phenoxy) is 1. The van der Waals surface area contributed by atoms with Gasteiger partial charge in [0.25, 0.3) is 0 Å². The van der Waals surface area contributed by atoms with E-state index in [-0.39, 0.29) is 0 Å². The van der Waals surface area contributed by atoms with E-state index >= 15 is 0 Å². The molecule has 0 fully saturated rings. The summed E-state index contributed by atoms with van der Waals surface area (Å²) in [4.78, 5) is 17.7. The van der Waals surface area contributed by atoms with E-state index in [1.165, 1.54) is 0 Å². The fourth-order valence-corrected chi connectivity index (χ4v) is 2.74. The summed E-state index contributed by atoms with van der Waals surface area (Å²) in [6.07, 6.45) is -0.107. The number of imidazole rings is 1. The number of fused-ring (bicyclic) bond motifs is 3. The molecular formula is C21H17F3N4O4. The van der Waals surface area contributed by atoms with Gasteiger partial charge in [0.1, 0.15) is 18.4 Å². The van der Waals surface area contributed by atoms with Crippen LogP contribution in [0, 0.1) is 11.8 Å². The maximum absolute atomic E-state index is 10.6. The van der Waals surface area contributed by atoms with Crippen molar-refractivity contribution in [1.29, 1.82) is 0 Å². The number of rotatable bonds is 4. The third-order valence-corrected chi connectivity index (χ3v) is 4.13. The van der Waals surface area contributed by atoms with Crippen LogP contribution in [0.2, 0.25) is 0 Å². The highest BCUT2D eigenvalue weighted by Gasteiger charge is 2.38. The van der Waals surface area contributed by atoms with Crippen molar-refractivity contribution < 1.29 is 32.2 Å². The normalized spacial score (nSPS) is 11.0. The Labute approximate surface area is 179 Å². The van der Waals surface area contributed by atoms with Gasteiger partial charge < -0.3 is 24.6 Å². The second kappa shape index (κ2) is 9.84. The molecule has 3 aromatic heterocycles. The Balaban J connectivity index is 0.000000360. The van der Waals surface area contributed by atoms with Gasteiger partial charge in [-0.15, -0.1) is 0 Å². The van der Waals surface area contributed by atoms with Gasteiger partial charge >= 0.3 is 12.1 Å². The minimum absolute atomic E-state index is 0.363. The Morgan fingerprint density at radius 1 is 1.28 bits per heavy atom. The zero-order valence-corrected chi connectivity index (χ0v) is 16.5. The Kier molecular flexibility index (Phi) is 6.97. The molecule has 4 aromatic rings. The van der Waals surface area contributed by atoms with Crippen LogP contribution in [-0.2, 0) is 16.1 Å². The lowest BCUT2D eigenvalue weighted by Crippen LogP contribution is -2.21. The summed E-state index contributed by atoms with van der Waals surface area (Å²) in [5.41, 5.74) is 9.44. The predicted molar refractivity (Wildman–Crippen MR) is 110 cm³/mol. The molecule has 3 N–H and O–H groups in total. The van der Waals surface area contributed by atoms with Gasteiger partial charge in [-0.3, -0.25) is 0 Å². The highest BCUT2D eigenvalue weighted by atomic mass is 19.4. The minimum Gasteiger partial charge on any atom is -0.475 e. The van der Waals surface area contributed by atoms with Crippen LogP contribution in [0.25, 0.3) is 21.9 Å². The third-order valence-electron chi connectivity index (χ3n) is 4.13. The van der Waals surface area contributed by atoms with Gasteiger partial charge in [-0.2, -0.15) is 13.2 Å². The molecule has 0 aliphatic carbocycles. The fraction of sp³-hybridized carbons (Fsp3) is 0.190. The van der Waals surface area contributed by atoms with Crippen molar-refractivity contribution in [2.24, 2.45) is 0 Å². The molecule has 0 saturated carbocycles. The maximum Gasteiger partial charge on any atom is 0.490 e. The average Bonchev–Trinajstić information content (AvgIpc) is 3.41. The molecule has 3 heterocycles. The number of hydrogen-bond acceptors (Lipinski definition) is 6. The number of carboxylic acids is 1. The van der Waals surface area contributed by atoms with Gasteiger partial charge in [0, 0.05) is 11.9 Å². The molecule has 0 amide bonds. The summed E-state index contributed by atoms with van der Waals surface area (Å²) in [7, 11) is 0. The van der Waals surface area contributed by atoms with Gasteiger partial charge in [0.05, 0.1) is 35.8 Å². The topological polar surface area (TPSA) is 116 Å². The van der Waals surface area contributed by atoms with E-state index in [9.17, 15) is 13.2 Å². The number of nitrogens with two attached hydrogens (primary N) is 1. The van der Waals surface area contributed by atoms with Gasteiger partial charge in [-0.1, -0.05) is 30.0 Å². The first-order valence-corrected chi connectivity index (χ1v) is 9.15. The molecule has 11 heteroatoms. The SMILES string of the molecule is Nc1nc2ccccc2c2c1ncn2CCOCC#Cc1ccoc1.O=C(O)C(F)(F)F. The van der Waals surface area contributed by atoms with Crippen molar-refractivity contribution in [3.8, 4) is 11.8 Å². The van der Waals surface area contributed by atoms with Gasteiger partial charge in [0.2, 0.25) is 0 Å². The van der Waals surface area contributed by atoms with Crippen LogP contribution < -0.4 is 5.73 Å². The van der Waals surface area contributed by atoms with Crippen molar-refractivity contribution in [3.05, 3.63) is 54.7 Å². The molecule has 0 saturated heterocycles. The van der Waals surface area contributed by atoms with Crippen LogP contribution in [0.3, 0.4) is 0 Å². The van der Waals surface area contributed by atoms with E-state index in [0.29, 0.717) is 25.6 Å². The van der Waals surface area contributed by atoms with Gasteiger partial charge in [-0.05, 0) is 12.1 Å². The number of furan rings is 1. The molecule has 0 spiro atoms. The largest absolute Gasteiger partial charge is 0.490 e. The second-order valence-electron chi connectivity index (χ2n) is 6.32. The molecule has 4 rings (SSSR count). The lowest BCUT2D eigenvalue weighted by molar-refractivity contribution is -0.192. The maximum atomic E-state index is 10.6. The summed E-state index contributed by atoms with van der Waals surface area (Å²) >= 11 is 0. The molecule has 0 aliphatic rings. The van der Waals surface area contributed by atoms with Crippen molar-refractivity contribution >= 4 is 33.7 Å². The molecule has 0 bridgehead atoms. The molecule has 8 nitrogen and oxygen atoms in total. The number of aromatic nitrogens is 3.